The third-order valence-corrected chi connectivity index (χ3v) is 26.4. The Bertz CT molecular complexity index is 8990. The molecule has 6 heteroatoms. The van der Waals surface area contributed by atoms with Gasteiger partial charge in [0.25, 0.3) is 0 Å². The molecule has 22 aromatic carbocycles. The minimum Gasteiger partial charge on any atom is -0.309 e. The van der Waals surface area contributed by atoms with Crippen LogP contribution in [0.5, 0.6) is 0 Å². The molecule has 26 rings (SSSR count). The van der Waals surface area contributed by atoms with Gasteiger partial charge in [-0.3, -0.25) is 0 Å². The molecule has 0 aliphatic carbocycles. The summed E-state index contributed by atoms with van der Waals surface area (Å²) < 4.78 is 4.93. The molecule has 0 N–H and O–H groups in total. The number of hydrogen-bond acceptors (Lipinski definition) is 4. The molecule has 0 aliphatic rings. The van der Waals surface area contributed by atoms with E-state index in [9.17, 15) is 0 Å². The van der Waals surface area contributed by atoms with E-state index in [4.69, 9.17) is 19.9 Å². The molecule has 0 atom stereocenters. The lowest BCUT2D eigenvalue weighted by molar-refractivity contribution is 1.19. The summed E-state index contributed by atoms with van der Waals surface area (Å²) in [5.74, 6) is 1.41. The van der Waals surface area contributed by atoms with Crippen molar-refractivity contribution in [1.29, 1.82) is 0 Å². The molecule has 0 saturated heterocycles. The minimum atomic E-state index is 0.706. The fourth-order valence-electron chi connectivity index (χ4n) is 20.2. The number of benzene rings is 22. The molecule has 0 fully saturated rings. The number of aromatic nitrogens is 6. The van der Waals surface area contributed by atoms with Gasteiger partial charge in [0.15, 0.2) is 11.6 Å². The maximum Gasteiger partial charge on any atom is 0.161 e. The second kappa shape index (κ2) is 31.4. The van der Waals surface area contributed by atoms with Crippen LogP contribution in [0, 0.1) is 0 Å². The molecule has 0 radical (unpaired) electrons. The van der Waals surface area contributed by atoms with Crippen LogP contribution in [0.4, 0.5) is 0 Å². The van der Waals surface area contributed by atoms with E-state index in [0.29, 0.717) is 11.6 Å². The molecule has 0 bridgehead atoms. The van der Waals surface area contributed by atoms with Crippen LogP contribution >= 0.6 is 0 Å². The number of fused-ring (bicyclic) bond motifs is 18. The summed E-state index contributed by atoms with van der Waals surface area (Å²) in [5.41, 5.74) is 29.1. The first-order chi connectivity index (χ1) is 64.5. The zero-order chi connectivity index (χ0) is 85.7. The Morgan fingerprint density at radius 1 is 0.146 bits per heavy atom. The zero-order valence-corrected chi connectivity index (χ0v) is 70.7. The highest BCUT2D eigenvalue weighted by Gasteiger charge is 2.25. The predicted molar refractivity (Wildman–Crippen MR) is 547 cm³/mol. The van der Waals surface area contributed by atoms with E-state index in [1.807, 2.05) is 0 Å². The molecular formula is C124H78N6. The van der Waals surface area contributed by atoms with Crippen LogP contribution in [0.3, 0.4) is 0 Å². The molecule has 26 aromatic rings. The third kappa shape index (κ3) is 12.9. The number of nitrogens with zero attached hydrogens (tertiary/aromatic N) is 6. The van der Waals surface area contributed by atoms with Gasteiger partial charge in [0.2, 0.25) is 0 Å². The Morgan fingerprint density at radius 2 is 0.454 bits per heavy atom. The second-order valence-corrected chi connectivity index (χ2v) is 33.8. The van der Waals surface area contributed by atoms with Crippen molar-refractivity contribution >= 4 is 130 Å². The Morgan fingerprint density at radius 3 is 0.885 bits per heavy atom. The Balaban J connectivity index is 0.000000140. The zero-order valence-electron chi connectivity index (χ0n) is 70.7. The van der Waals surface area contributed by atoms with Gasteiger partial charge >= 0.3 is 0 Å². The van der Waals surface area contributed by atoms with Crippen LogP contribution in [-0.4, -0.2) is 29.1 Å². The average molecular weight is 1650 g/mol. The Hall–Kier alpha value is -17.3. The maximum absolute atomic E-state index is 5.41. The van der Waals surface area contributed by atoms with Gasteiger partial charge in [0.05, 0.1) is 44.5 Å². The monoisotopic (exact) mass is 1650 g/mol. The van der Waals surface area contributed by atoms with E-state index in [1.165, 1.54) is 137 Å². The van der Waals surface area contributed by atoms with Crippen LogP contribution in [0.25, 0.3) is 253 Å². The highest BCUT2D eigenvalue weighted by molar-refractivity contribution is 6.32. The van der Waals surface area contributed by atoms with Gasteiger partial charge in [0, 0.05) is 65.9 Å². The summed E-state index contributed by atoms with van der Waals surface area (Å²) in [4.78, 5) is 21.2. The normalized spacial score (nSPS) is 11.7. The van der Waals surface area contributed by atoms with Gasteiger partial charge in [-0.15, -0.1) is 0 Å². The topological polar surface area (TPSA) is 61.4 Å². The summed E-state index contributed by atoms with van der Waals surface area (Å²) in [5, 5.41) is 21.6. The van der Waals surface area contributed by atoms with Gasteiger partial charge in [-0.2, -0.15) is 0 Å². The molecule has 4 heterocycles. The van der Waals surface area contributed by atoms with Crippen molar-refractivity contribution in [3.05, 3.63) is 473 Å². The fraction of sp³-hybridized carbons (Fsp3) is 0. The van der Waals surface area contributed by atoms with Gasteiger partial charge in [0.1, 0.15) is 0 Å². The lowest BCUT2D eigenvalue weighted by Crippen LogP contribution is -1.97. The summed E-state index contributed by atoms with van der Waals surface area (Å²) in [6, 6.07) is 170. The highest BCUT2D eigenvalue weighted by atomic mass is 15.0. The maximum atomic E-state index is 5.41. The molecule has 604 valence electrons. The van der Waals surface area contributed by atoms with Crippen molar-refractivity contribution in [3.8, 4) is 123 Å². The smallest absolute Gasteiger partial charge is 0.161 e. The van der Waals surface area contributed by atoms with Crippen LogP contribution in [0.2, 0.25) is 0 Å². The van der Waals surface area contributed by atoms with E-state index < -0.39 is 0 Å². The molecular weight excluding hydrogens is 1570 g/mol. The van der Waals surface area contributed by atoms with Crippen molar-refractivity contribution in [2.45, 2.75) is 0 Å². The molecule has 0 saturated carbocycles. The Labute approximate surface area is 750 Å². The summed E-state index contributed by atoms with van der Waals surface area (Å²) in [6.45, 7) is 0. The molecule has 0 spiro atoms. The van der Waals surface area contributed by atoms with Crippen molar-refractivity contribution in [1.82, 2.24) is 29.1 Å². The first-order valence-corrected chi connectivity index (χ1v) is 44.5. The van der Waals surface area contributed by atoms with E-state index in [1.54, 1.807) is 0 Å². The van der Waals surface area contributed by atoms with E-state index in [-0.39, 0.29) is 0 Å². The van der Waals surface area contributed by atoms with Crippen molar-refractivity contribution < 1.29 is 0 Å². The first-order valence-electron chi connectivity index (χ1n) is 44.5. The average Bonchev–Trinajstić information content (AvgIpc) is 1.55. The number of para-hydroxylation sites is 2. The van der Waals surface area contributed by atoms with Gasteiger partial charge in [-0.1, -0.05) is 406 Å². The standard InChI is InChI=1S/2C62H39N3/c1-3-15-40(16-4-1)41-29-31-42(32-30-41)45-20-13-22-47(37-45)61-54-26-11-12-28-56(54)63-62(64-61)53-27-14-21-46-38-48(34-35-49(46)53)65-57-36-33-44-19-7-8-23-50(44)59(57)60-52-25-10-9-24-51(52)55(39-58(60)65)43-17-5-2-6-18-43;1-3-14-40(15-4-1)41-26-28-42(29-27-41)43-30-32-46(33-31-43)61-54-23-11-12-25-56(54)63-62(64-61)53-24-13-19-47-38-48(35-36-49(47)53)65-57-37-34-45-18-7-8-20-50(45)59(57)60-52-22-10-9-21-51(52)55(39-58(60)65)44-16-5-2-6-17-44/h2*1-39H. The van der Waals surface area contributed by atoms with Crippen LogP contribution in [0.15, 0.2) is 473 Å². The fourth-order valence-corrected chi connectivity index (χ4v) is 20.2. The van der Waals surface area contributed by atoms with Crippen LogP contribution < -0.4 is 0 Å². The SMILES string of the molecule is c1ccc(-c2ccc(-c3ccc(-c4nc(-c5cccc6cc(-n7c8ccc9ccccc9c8c8c9ccccc9c(-c9ccccc9)cc87)ccc56)nc5ccccc45)cc3)cc2)cc1.c1ccc(-c2ccc(-c3cccc(-c4nc(-c5cccc6cc(-n7c8ccc9ccccc9c8c8c9ccccc9c(-c9ccccc9)cc87)ccc56)nc5ccccc45)c3)cc2)cc1. The van der Waals surface area contributed by atoms with E-state index in [0.717, 1.165) is 105 Å². The van der Waals surface area contributed by atoms with E-state index in [2.05, 4.69) is 482 Å². The second-order valence-electron chi connectivity index (χ2n) is 33.8. The molecule has 0 aliphatic heterocycles. The van der Waals surface area contributed by atoms with Crippen molar-refractivity contribution in [2.75, 3.05) is 0 Å². The van der Waals surface area contributed by atoms with Crippen LogP contribution in [-0.2, 0) is 0 Å². The molecule has 130 heavy (non-hydrogen) atoms. The van der Waals surface area contributed by atoms with Crippen molar-refractivity contribution in [2.24, 2.45) is 0 Å². The quantitative estimate of drug-likeness (QED) is 0.122. The number of hydrogen-bond donors (Lipinski definition) is 0. The molecule has 4 aromatic heterocycles. The molecule has 0 amide bonds. The molecule has 0 unspecified atom stereocenters. The highest BCUT2D eigenvalue weighted by Crippen LogP contribution is 2.49. The van der Waals surface area contributed by atoms with Crippen LogP contribution in [0.1, 0.15) is 0 Å². The number of rotatable bonds is 12. The van der Waals surface area contributed by atoms with Crippen molar-refractivity contribution in [3.63, 3.8) is 0 Å². The summed E-state index contributed by atoms with van der Waals surface area (Å²) in [6.07, 6.45) is 0. The first kappa shape index (κ1) is 75.2. The lowest BCUT2D eigenvalue weighted by atomic mass is 9.94. The van der Waals surface area contributed by atoms with Gasteiger partial charge in [-0.25, -0.2) is 19.9 Å². The Kier molecular flexibility index (Phi) is 18.2. The largest absolute Gasteiger partial charge is 0.309 e. The minimum absolute atomic E-state index is 0.706. The van der Waals surface area contributed by atoms with E-state index >= 15 is 0 Å². The van der Waals surface area contributed by atoms with Gasteiger partial charge < -0.3 is 9.13 Å². The lowest BCUT2D eigenvalue weighted by Gasteiger charge is -2.14. The molecule has 6 nitrogen and oxygen atoms in total. The summed E-state index contributed by atoms with van der Waals surface area (Å²) in [7, 11) is 0. The summed E-state index contributed by atoms with van der Waals surface area (Å²) >= 11 is 0. The van der Waals surface area contributed by atoms with Gasteiger partial charge in [-0.05, 0) is 198 Å². The third-order valence-electron chi connectivity index (χ3n) is 26.4. The predicted octanol–water partition coefficient (Wildman–Crippen LogP) is 33.0.